The predicted molar refractivity (Wildman–Crippen MR) is 73.4 cm³/mol. The van der Waals surface area contributed by atoms with Crippen LogP contribution in [0.3, 0.4) is 0 Å². The maximum Gasteiger partial charge on any atom is 0.337 e. The summed E-state index contributed by atoms with van der Waals surface area (Å²) >= 11 is 0. The number of rotatable bonds is 11. The predicted octanol–water partition coefficient (Wildman–Crippen LogP) is 2.45. The molecule has 0 aromatic heterocycles. The zero-order valence-corrected chi connectivity index (χ0v) is 13.1. The lowest BCUT2D eigenvalue weighted by Crippen LogP contribution is -2.39. The van der Waals surface area contributed by atoms with E-state index in [1.807, 2.05) is 0 Å². The van der Waals surface area contributed by atoms with Gasteiger partial charge in [0.25, 0.3) is 0 Å². The lowest BCUT2D eigenvalue weighted by Gasteiger charge is -2.26. The van der Waals surface area contributed by atoms with Crippen LogP contribution in [0.4, 0.5) is 0 Å². The standard InChI is InChI=1S/C12H29NO3Si/c1-6-13(7-2)12-16-10-9-11-17(8-3,14-4)15-5/h6-12H2,1-5H3. The van der Waals surface area contributed by atoms with Crippen molar-refractivity contribution < 1.29 is 13.6 Å². The maximum atomic E-state index is 5.64. The number of nitrogens with zero attached hydrogens (tertiary/aromatic N) is 1. The summed E-state index contributed by atoms with van der Waals surface area (Å²) in [6, 6.07) is 2.00. The Hall–Kier alpha value is 0.0569. The summed E-state index contributed by atoms with van der Waals surface area (Å²) in [6.07, 6.45) is 1.02. The Morgan fingerprint density at radius 1 is 1.00 bits per heavy atom. The van der Waals surface area contributed by atoms with Gasteiger partial charge in [0, 0.05) is 20.8 Å². The van der Waals surface area contributed by atoms with Gasteiger partial charge in [-0.3, -0.25) is 4.90 Å². The van der Waals surface area contributed by atoms with Gasteiger partial charge in [-0.1, -0.05) is 20.8 Å². The molecule has 0 N–H and O–H groups in total. The van der Waals surface area contributed by atoms with E-state index in [0.29, 0.717) is 0 Å². The second-order valence-corrected chi connectivity index (χ2v) is 7.96. The molecular formula is C12H29NO3Si. The lowest BCUT2D eigenvalue weighted by molar-refractivity contribution is 0.0337. The Kier molecular flexibility index (Phi) is 10.1. The molecule has 17 heavy (non-hydrogen) atoms. The van der Waals surface area contributed by atoms with Crippen molar-refractivity contribution in [1.29, 1.82) is 0 Å². The van der Waals surface area contributed by atoms with E-state index in [1.54, 1.807) is 14.2 Å². The molecule has 0 bridgehead atoms. The summed E-state index contributed by atoms with van der Waals surface area (Å²) in [5, 5.41) is 0. The van der Waals surface area contributed by atoms with Crippen LogP contribution in [-0.2, 0) is 13.6 Å². The quantitative estimate of drug-likeness (QED) is 0.325. The molecule has 0 heterocycles. The number of ether oxygens (including phenoxy) is 1. The molecule has 0 unspecified atom stereocenters. The summed E-state index contributed by atoms with van der Waals surface area (Å²) in [6.45, 7) is 10.0. The van der Waals surface area contributed by atoms with Crippen molar-refractivity contribution in [2.75, 3.05) is 40.6 Å². The second kappa shape index (κ2) is 10.0. The first-order chi connectivity index (χ1) is 8.17. The molecule has 0 aromatic rings. The smallest absolute Gasteiger partial charge is 0.337 e. The van der Waals surface area contributed by atoms with Crippen LogP contribution in [-0.4, -0.2) is 54.1 Å². The molecule has 0 aromatic carbocycles. The van der Waals surface area contributed by atoms with Crippen molar-refractivity contribution in [3.63, 3.8) is 0 Å². The third-order valence-electron chi connectivity index (χ3n) is 3.30. The Labute approximate surface area is 107 Å². The zero-order chi connectivity index (χ0) is 13.1. The Balaban J connectivity index is 3.68. The molecule has 0 amide bonds. The molecular weight excluding hydrogens is 234 g/mol. The van der Waals surface area contributed by atoms with Gasteiger partial charge in [0.2, 0.25) is 0 Å². The van der Waals surface area contributed by atoms with Gasteiger partial charge in [-0.2, -0.15) is 0 Å². The minimum atomic E-state index is -1.90. The third kappa shape index (κ3) is 6.52. The molecule has 0 spiro atoms. The molecule has 0 radical (unpaired) electrons. The highest BCUT2D eigenvalue weighted by molar-refractivity contribution is 6.67. The largest absolute Gasteiger partial charge is 0.398 e. The van der Waals surface area contributed by atoms with Crippen molar-refractivity contribution >= 4 is 8.56 Å². The van der Waals surface area contributed by atoms with Crippen molar-refractivity contribution in [2.24, 2.45) is 0 Å². The van der Waals surface area contributed by atoms with E-state index in [9.17, 15) is 0 Å². The average molecular weight is 263 g/mol. The minimum Gasteiger partial charge on any atom is -0.398 e. The van der Waals surface area contributed by atoms with Gasteiger partial charge in [0.15, 0.2) is 0 Å². The Morgan fingerprint density at radius 2 is 1.59 bits per heavy atom. The normalized spacial score (nSPS) is 12.4. The molecule has 0 atom stereocenters. The molecule has 0 saturated carbocycles. The van der Waals surface area contributed by atoms with E-state index >= 15 is 0 Å². The van der Waals surface area contributed by atoms with E-state index < -0.39 is 8.56 Å². The SMILES string of the molecule is CCN(CC)COCCC[Si](CC)(OC)OC. The lowest BCUT2D eigenvalue weighted by atomic mass is 10.5. The van der Waals surface area contributed by atoms with Crippen LogP contribution < -0.4 is 0 Å². The fourth-order valence-electron chi connectivity index (χ4n) is 1.80. The van der Waals surface area contributed by atoms with Crippen LogP contribution in [0.25, 0.3) is 0 Å². The average Bonchev–Trinajstić information content (AvgIpc) is 2.39. The van der Waals surface area contributed by atoms with E-state index in [1.165, 1.54) is 0 Å². The van der Waals surface area contributed by atoms with E-state index in [2.05, 4.69) is 25.7 Å². The number of hydrogen-bond donors (Lipinski definition) is 0. The van der Waals surface area contributed by atoms with E-state index in [-0.39, 0.29) is 0 Å². The van der Waals surface area contributed by atoms with Gasteiger partial charge in [-0.25, -0.2) is 0 Å². The van der Waals surface area contributed by atoms with E-state index in [0.717, 1.165) is 44.9 Å². The number of hydrogen-bond acceptors (Lipinski definition) is 4. The van der Waals surface area contributed by atoms with Gasteiger partial charge in [0.05, 0.1) is 6.73 Å². The monoisotopic (exact) mass is 263 g/mol. The summed E-state index contributed by atoms with van der Waals surface area (Å²) in [5.41, 5.74) is 0. The molecule has 0 aliphatic heterocycles. The highest BCUT2D eigenvalue weighted by Crippen LogP contribution is 2.18. The van der Waals surface area contributed by atoms with Crippen LogP contribution in [0.15, 0.2) is 0 Å². The summed E-state index contributed by atoms with van der Waals surface area (Å²) in [4.78, 5) is 2.26. The Bertz CT molecular complexity index is 165. The van der Waals surface area contributed by atoms with Gasteiger partial charge < -0.3 is 13.6 Å². The fourth-order valence-corrected chi connectivity index (χ4v) is 3.99. The first-order valence-electron chi connectivity index (χ1n) is 6.58. The topological polar surface area (TPSA) is 30.9 Å². The molecule has 104 valence electrons. The van der Waals surface area contributed by atoms with Gasteiger partial charge >= 0.3 is 8.56 Å². The second-order valence-electron chi connectivity index (χ2n) is 4.12. The van der Waals surface area contributed by atoms with Crippen LogP contribution in [0.1, 0.15) is 27.2 Å². The van der Waals surface area contributed by atoms with Gasteiger partial charge in [-0.05, 0) is 31.6 Å². The van der Waals surface area contributed by atoms with Crippen molar-refractivity contribution in [3.05, 3.63) is 0 Å². The molecule has 0 fully saturated rings. The van der Waals surface area contributed by atoms with Crippen molar-refractivity contribution in [1.82, 2.24) is 4.90 Å². The molecule has 0 rings (SSSR count). The molecule has 4 nitrogen and oxygen atoms in total. The van der Waals surface area contributed by atoms with Crippen molar-refractivity contribution in [2.45, 2.75) is 39.3 Å². The first kappa shape index (κ1) is 17.1. The highest BCUT2D eigenvalue weighted by atomic mass is 28.4. The van der Waals surface area contributed by atoms with Crippen LogP contribution >= 0.6 is 0 Å². The van der Waals surface area contributed by atoms with Crippen molar-refractivity contribution in [3.8, 4) is 0 Å². The Morgan fingerprint density at radius 3 is 2.00 bits per heavy atom. The minimum absolute atomic E-state index is 0.730. The van der Waals surface area contributed by atoms with Crippen LogP contribution in [0, 0.1) is 0 Å². The summed E-state index contributed by atoms with van der Waals surface area (Å²) in [7, 11) is 1.61. The molecule has 0 aliphatic rings. The summed E-state index contributed by atoms with van der Waals surface area (Å²) < 4.78 is 16.8. The third-order valence-corrected chi connectivity index (χ3v) is 6.98. The van der Waals surface area contributed by atoms with Crippen LogP contribution in [0.2, 0.25) is 12.1 Å². The first-order valence-corrected chi connectivity index (χ1v) is 8.81. The molecule has 5 heteroatoms. The molecule has 0 aliphatic carbocycles. The maximum absolute atomic E-state index is 5.64. The molecule has 0 saturated heterocycles. The van der Waals surface area contributed by atoms with E-state index in [4.69, 9.17) is 13.6 Å². The highest BCUT2D eigenvalue weighted by Gasteiger charge is 2.32. The fraction of sp³-hybridized carbons (Fsp3) is 1.00. The zero-order valence-electron chi connectivity index (χ0n) is 12.1. The summed E-state index contributed by atoms with van der Waals surface area (Å²) in [5.74, 6) is 0. The van der Waals surface area contributed by atoms with Gasteiger partial charge in [-0.15, -0.1) is 0 Å². The van der Waals surface area contributed by atoms with Gasteiger partial charge in [0.1, 0.15) is 0 Å². The van der Waals surface area contributed by atoms with Crippen LogP contribution in [0.5, 0.6) is 0 Å².